The fourth-order valence-corrected chi connectivity index (χ4v) is 3.81. The standard InChI is InChI=1S/C20H26N2O5/c23-18(22(10-7-19(24)25)16-8-11-27-12-9-16)6-5-15-13-14-3-1-2-4-17(14)21-20(15)26/h1-4,15-16H,5-13H2,(H,21,26)(H,24,25). The average Bonchev–Trinajstić information content (AvgIpc) is 2.67. The Morgan fingerprint density at radius 1 is 1.19 bits per heavy atom. The van der Waals surface area contributed by atoms with Crippen LogP contribution in [-0.4, -0.2) is 53.6 Å². The molecule has 1 unspecified atom stereocenters. The van der Waals surface area contributed by atoms with Crippen LogP contribution in [0.4, 0.5) is 5.69 Å². The highest BCUT2D eigenvalue weighted by atomic mass is 16.5. The molecule has 1 aromatic carbocycles. The number of nitrogens with one attached hydrogen (secondary N) is 1. The normalized spacial score (nSPS) is 19.9. The molecular weight excluding hydrogens is 348 g/mol. The second kappa shape index (κ2) is 8.99. The van der Waals surface area contributed by atoms with Crippen molar-refractivity contribution in [3.05, 3.63) is 29.8 Å². The minimum Gasteiger partial charge on any atom is -0.481 e. The molecule has 2 N–H and O–H groups in total. The average molecular weight is 374 g/mol. The Balaban J connectivity index is 1.59. The fourth-order valence-electron chi connectivity index (χ4n) is 3.81. The number of carboxylic acid groups (broad SMARTS) is 1. The van der Waals surface area contributed by atoms with Crippen LogP contribution in [0.3, 0.4) is 0 Å². The number of para-hydroxylation sites is 1. The van der Waals surface area contributed by atoms with Crippen LogP contribution < -0.4 is 5.32 Å². The Labute approximate surface area is 158 Å². The van der Waals surface area contributed by atoms with Crippen LogP contribution in [0.25, 0.3) is 0 Å². The van der Waals surface area contributed by atoms with Crippen LogP contribution in [0.5, 0.6) is 0 Å². The summed E-state index contributed by atoms with van der Waals surface area (Å²) in [5.41, 5.74) is 1.93. The van der Waals surface area contributed by atoms with Crippen molar-refractivity contribution in [3.63, 3.8) is 0 Å². The maximum absolute atomic E-state index is 12.8. The van der Waals surface area contributed by atoms with Gasteiger partial charge in [-0.2, -0.15) is 0 Å². The van der Waals surface area contributed by atoms with E-state index in [1.165, 1.54) is 0 Å². The van der Waals surface area contributed by atoms with Gasteiger partial charge in [0.15, 0.2) is 0 Å². The molecule has 0 aromatic heterocycles. The molecule has 146 valence electrons. The molecule has 1 aromatic rings. The van der Waals surface area contributed by atoms with Crippen LogP contribution in [0, 0.1) is 5.92 Å². The van der Waals surface area contributed by atoms with Crippen molar-refractivity contribution < 1.29 is 24.2 Å². The van der Waals surface area contributed by atoms with Crippen LogP contribution in [0.15, 0.2) is 24.3 Å². The van der Waals surface area contributed by atoms with E-state index in [-0.39, 0.29) is 43.2 Å². The van der Waals surface area contributed by atoms with Gasteiger partial charge in [-0.05, 0) is 37.3 Å². The Bertz CT molecular complexity index is 699. The molecule has 1 saturated heterocycles. The zero-order valence-corrected chi connectivity index (χ0v) is 15.4. The van der Waals surface area contributed by atoms with Gasteiger partial charge in [-0.1, -0.05) is 18.2 Å². The molecule has 0 saturated carbocycles. The minimum absolute atomic E-state index is 0.0199. The van der Waals surface area contributed by atoms with E-state index in [4.69, 9.17) is 9.84 Å². The number of amides is 2. The summed E-state index contributed by atoms with van der Waals surface area (Å²) >= 11 is 0. The lowest BCUT2D eigenvalue weighted by atomic mass is 9.89. The highest BCUT2D eigenvalue weighted by Crippen LogP contribution is 2.28. The molecule has 2 heterocycles. The number of hydrogen-bond acceptors (Lipinski definition) is 4. The maximum Gasteiger partial charge on any atom is 0.305 e. The van der Waals surface area contributed by atoms with Gasteiger partial charge in [0, 0.05) is 43.8 Å². The highest BCUT2D eigenvalue weighted by Gasteiger charge is 2.29. The summed E-state index contributed by atoms with van der Waals surface area (Å²) in [6, 6.07) is 7.72. The van der Waals surface area contributed by atoms with E-state index < -0.39 is 5.97 Å². The number of benzene rings is 1. The lowest BCUT2D eigenvalue weighted by molar-refractivity contribution is -0.140. The second-order valence-corrected chi connectivity index (χ2v) is 7.16. The number of nitrogens with zero attached hydrogens (tertiary/aromatic N) is 1. The number of anilines is 1. The first kappa shape index (κ1) is 19.4. The van der Waals surface area contributed by atoms with E-state index in [2.05, 4.69) is 5.32 Å². The van der Waals surface area contributed by atoms with Gasteiger partial charge in [0.25, 0.3) is 0 Å². The molecule has 1 fully saturated rings. The smallest absolute Gasteiger partial charge is 0.305 e. The van der Waals surface area contributed by atoms with Gasteiger partial charge >= 0.3 is 5.97 Å². The third kappa shape index (κ3) is 5.07. The van der Waals surface area contributed by atoms with E-state index in [9.17, 15) is 14.4 Å². The molecule has 2 aliphatic rings. The topological polar surface area (TPSA) is 95.9 Å². The molecule has 7 heteroatoms. The van der Waals surface area contributed by atoms with Gasteiger partial charge in [0.2, 0.25) is 11.8 Å². The molecule has 27 heavy (non-hydrogen) atoms. The summed E-state index contributed by atoms with van der Waals surface area (Å²) in [7, 11) is 0. The Kier molecular flexibility index (Phi) is 6.45. The van der Waals surface area contributed by atoms with Gasteiger partial charge in [-0.3, -0.25) is 14.4 Å². The number of carbonyl (C=O) groups excluding carboxylic acids is 2. The zero-order valence-electron chi connectivity index (χ0n) is 15.4. The summed E-state index contributed by atoms with van der Waals surface area (Å²) in [6.45, 7) is 1.38. The number of rotatable bonds is 7. The van der Waals surface area contributed by atoms with Gasteiger partial charge in [0.05, 0.1) is 6.42 Å². The number of ether oxygens (including phenoxy) is 1. The summed E-state index contributed by atoms with van der Waals surface area (Å²) in [6.07, 6.45) is 2.72. The lowest BCUT2D eigenvalue weighted by Gasteiger charge is -2.34. The molecule has 7 nitrogen and oxygen atoms in total. The SMILES string of the molecule is O=C(O)CCN(C(=O)CCC1Cc2ccccc2NC1=O)C1CCOCC1. The number of carbonyl (C=O) groups is 3. The van der Waals surface area contributed by atoms with Crippen LogP contribution in [0.1, 0.15) is 37.7 Å². The Hall–Kier alpha value is -2.41. The first-order chi connectivity index (χ1) is 13.0. The summed E-state index contributed by atoms with van der Waals surface area (Å²) in [4.78, 5) is 37.8. The van der Waals surface area contributed by atoms with Crippen molar-refractivity contribution in [2.75, 3.05) is 25.1 Å². The quantitative estimate of drug-likeness (QED) is 0.762. The Morgan fingerprint density at radius 3 is 2.67 bits per heavy atom. The lowest BCUT2D eigenvalue weighted by Crippen LogP contribution is -2.44. The minimum atomic E-state index is -0.914. The van der Waals surface area contributed by atoms with E-state index in [0.717, 1.165) is 24.1 Å². The van der Waals surface area contributed by atoms with Crippen molar-refractivity contribution in [1.82, 2.24) is 4.90 Å². The molecule has 0 spiro atoms. The fraction of sp³-hybridized carbons (Fsp3) is 0.550. The number of aliphatic carboxylic acids is 1. The zero-order chi connectivity index (χ0) is 19.2. The van der Waals surface area contributed by atoms with E-state index in [1.54, 1.807) is 4.90 Å². The first-order valence-corrected chi connectivity index (χ1v) is 9.52. The van der Waals surface area contributed by atoms with Crippen molar-refractivity contribution in [1.29, 1.82) is 0 Å². The van der Waals surface area contributed by atoms with Crippen LogP contribution >= 0.6 is 0 Å². The molecule has 3 rings (SSSR count). The predicted molar refractivity (Wildman–Crippen MR) is 99.3 cm³/mol. The summed E-state index contributed by atoms with van der Waals surface area (Å²) in [5.74, 6) is -1.28. The van der Waals surface area contributed by atoms with Gasteiger partial charge in [-0.25, -0.2) is 0 Å². The van der Waals surface area contributed by atoms with E-state index >= 15 is 0 Å². The maximum atomic E-state index is 12.8. The molecule has 2 amide bonds. The molecule has 0 aliphatic carbocycles. The Morgan fingerprint density at radius 2 is 1.93 bits per heavy atom. The molecule has 0 radical (unpaired) electrons. The summed E-state index contributed by atoms with van der Waals surface area (Å²) in [5, 5.41) is 11.9. The number of fused-ring (bicyclic) bond motifs is 1. The van der Waals surface area contributed by atoms with Crippen LogP contribution in [0.2, 0.25) is 0 Å². The number of carboxylic acids is 1. The van der Waals surface area contributed by atoms with Crippen molar-refractivity contribution in [3.8, 4) is 0 Å². The molecule has 2 aliphatic heterocycles. The third-order valence-electron chi connectivity index (χ3n) is 5.34. The molecule has 0 bridgehead atoms. The third-order valence-corrected chi connectivity index (χ3v) is 5.34. The van der Waals surface area contributed by atoms with Crippen LogP contribution in [-0.2, 0) is 25.5 Å². The monoisotopic (exact) mass is 374 g/mol. The number of hydrogen-bond donors (Lipinski definition) is 2. The van der Waals surface area contributed by atoms with E-state index in [0.29, 0.717) is 26.1 Å². The largest absolute Gasteiger partial charge is 0.481 e. The first-order valence-electron chi connectivity index (χ1n) is 9.52. The van der Waals surface area contributed by atoms with Crippen molar-refractivity contribution >= 4 is 23.5 Å². The van der Waals surface area contributed by atoms with Gasteiger partial charge in [0.1, 0.15) is 0 Å². The van der Waals surface area contributed by atoms with Gasteiger partial charge in [-0.15, -0.1) is 0 Å². The molecular formula is C20H26N2O5. The van der Waals surface area contributed by atoms with Crippen molar-refractivity contribution in [2.45, 2.75) is 44.6 Å². The molecule has 1 atom stereocenters. The van der Waals surface area contributed by atoms with E-state index in [1.807, 2.05) is 24.3 Å². The van der Waals surface area contributed by atoms with Gasteiger partial charge < -0.3 is 20.1 Å². The van der Waals surface area contributed by atoms with Crippen molar-refractivity contribution in [2.24, 2.45) is 5.92 Å². The second-order valence-electron chi connectivity index (χ2n) is 7.16. The predicted octanol–water partition coefficient (Wildman–Crippen LogP) is 2.06. The summed E-state index contributed by atoms with van der Waals surface area (Å²) < 4.78 is 5.35. The highest BCUT2D eigenvalue weighted by molar-refractivity contribution is 5.96.